The second-order valence-electron chi connectivity index (χ2n) is 6.19. The van der Waals surface area contributed by atoms with Crippen LogP contribution in [0.4, 0.5) is 15.0 Å². The Morgan fingerprint density at radius 3 is 2.88 bits per heavy atom. The van der Waals surface area contributed by atoms with Gasteiger partial charge in [0.1, 0.15) is 0 Å². The van der Waals surface area contributed by atoms with Crippen LogP contribution in [-0.4, -0.2) is 73.3 Å². The Morgan fingerprint density at radius 2 is 2.17 bits per heavy atom. The van der Waals surface area contributed by atoms with Crippen LogP contribution >= 0.6 is 15.9 Å². The third-order valence-electron chi connectivity index (χ3n) is 4.62. The van der Waals surface area contributed by atoms with Gasteiger partial charge in [0.2, 0.25) is 0 Å². The molecular weight excluding hydrogens is 379 g/mol. The summed E-state index contributed by atoms with van der Waals surface area (Å²) in [5.41, 5.74) is 0. The molecule has 2 aliphatic heterocycles. The summed E-state index contributed by atoms with van der Waals surface area (Å²) >= 11 is 3.23. The fraction of sp³-hybridized carbons (Fsp3) is 0.625. The summed E-state index contributed by atoms with van der Waals surface area (Å²) in [5, 5.41) is 0. The lowest BCUT2D eigenvalue weighted by atomic mass is 10.0. The van der Waals surface area contributed by atoms with Crippen molar-refractivity contribution in [2.75, 3.05) is 51.3 Å². The molecule has 1 atom stereocenters. The Bertz CT molecular complexity index is 597. The van der Waals surface area contributed by atoms with Crippen molar-refractivity contribution in [3.63, 3.8) is 0 Å². The molecule has 0 spiro atoms. The number of urea groups is 1. The first-order valence-electron chi connectivity index (χ1n) is 8.21. The van der Waals surface area contributed by atoms with E-state index in [0.29, 0.717) is 43.1 Å². The summed E-state index contributed by atoms with van der Waals surface area (Å²) in [6.45, 7) is 3.78. The van der Waals surface area contributed by atoms with E-state index in [1.807, 2.05) is 16.8 Å². The summed E-state index contributed by atoms with van der Waals surface area (Å²) in [6, 6.07) is 1.50. The van der Waals surface area contributed by atoms with Gasteiger partial charge in [0.05, 0.1) is 19.3 Å². The first-order chi connectivity index (χ1) is 11.6. The highest BCUT2D eigenvalue weighted by Gasteiger charge is 2.30. The van der Waals surface area contributed by atoms with Crippen LogP contribution in [0.5, 0.6) is 0 Å². The van der Waals surface area contributed by atoms with Crippen LogP contribution in [0.25, 0.3) is 0 Å². The largest absolute Gasteiger partial charge is 0.378 e. The molecule has 0 aliphatic carbocycles. The number of nitrogens with zero attached hydrogens (tertiary/aromatic N) is 4. The monoisotopic (exact) mass is 400 g/mol. The highest BCUT2D eigenvalue weighted by molar-refractivity contribution is 9.10. The van der Waals surface area contributed by atoms with E-state index in [4.69, 9.17) is 4.74 Å². The number of halogens is 2. The zero-order valence-corrected chi connectivity index (χ0v) is 15.3. The van der Waals surface area contributed by atoms with E-state index in [0.717, 1.165) is 19.4 Å². The topological polar surface area (TPSA) is 48.9 Å². The number of carbonyl (C=O) groups excluding carboxylic acids is 1. The van der Waals surface area contributed by atoms with E-state index < -0.39 is 0 Å². The number of aromatic nitrogens is 1. The van der Waals surface area contributed by atoms with Gasteiger partial charge in [0.25, 0.3) is 0 Å². The van der Waals surface area contributed by atoms with Crippen LogP contribution in [0.3, 0.4) is 0 Å². The fourth-order valence-electron chi connectivity index (χ4n) is 3.24. The minimum Gasteiger partial charge on any atom is -0.378 e. The average Bonchev–Trinajstić information content (AvgIpc) is 2.61. The number of hydrogen-bond donors (Lipinski definition) is 0. The maximum atomic E-state index is 14.2. The normalized spacial score (nSPS) is 21.7. The van der Waals surface area contributed by atoms with Crippen molar-refractivity contribution in [1.29, 1.82) is 0 Å². The molecule has 6 nitrogen and oxygen atoms in total. The van der Waals surface area contributed by atoms with Crippen LogP contribution in [0.15, 0.2) is 16.7 Å². The van der Waals surface area contributed by atoms with Gasteiger partial charge < -0.3 is 19.4 Å². The molecular formula is C16H22BrFN4O2. The van der Waals surface area contributed by atoms with E-state index in [2.05, 4.69) is 20.9 Å². The molecule has 1 aromatic rings. The number of hydrogen-bond acceptors (Lipinski definition) is 4. The SMILES string of the molecule is CN(C(=O)N1CCOCC1)C1CCCN(c2ncc(Br)cc2F)C1. The first kappa shape index (κ1) is 17.4. The zero-order chi connectivity index (χ0) is 17.1. The number of pyridine rings is 1. The van der Waals surface area contributed by atoms with Crippen molar-refractivity contribution >= 4 is 27.8 Å². The summed E-state index contributed by atoms with van der Waals surface area (Å²) in [6.07, 6.45) is 3.43. The fourth-order valence-corrected chi connectivity index (χ4v) is 3.54. The van der Waals surface area contributed by atoms with Crippen LogP contribution in [0, 0.1) is 5.82 Å². The van der Waals surface area contributed by atoms with Crippen LogP contribution in [0.2, 0.25) is 0 Å². The molecule has 0 N–H and O–H groups in total. The lowest BCUT2D eigenvalue weighted by Gasteiger charge is -2.40. The molecule has 0 bridgehead atoms. The zero-order valence-electron chi connectivity index (χ0n) is 13.8. The average molecular weight is 401 g/mol. The van der Waals surface area contributed by atoms with Gasteiger partial charge in [-0.15, -0.1) is 0 Å². The summed E-state index contributed by atoms with van der Waals surface area (Å²) < 4.78 is 20.1. The predicted molar refractivity (Wildman–Crippen MR) is 92.7 cm³/mol. The van der Waals surface area contributed by atoms with E-state index >= 15 is 0 Å². The van der Waals surface area contributed by atoms with Gasteiger partial charge in [-0.2, -0.15) is 0 Å². The Labute approximate surface area is 149 Å². The van der Waals surface area contributed by atoms with Crippen molar-refractivity contribution in [2.45, 2.75) is 18.9 Å². The van der Waals surface area contributed by atoms with E-state index in [9.17, 15) is 9.18 Å². The van der Waals surface area contributed by atoms with Gasteiger partial charge in [-0.05, 0) is 34.8 Å². The first-order valence-corrected chi connectivity index (χ1v) is 9.01. The van der Waals surface area contributed by atoms with Crippen LogP contribution in [0.1, 0.15) is 12.8 Å². The molecule has 24 heavy (non-hydrogen) atoms. The summed E-state index contributed by atoms with van der Waals surface area (Å²) in [7, 11) is 1.83. The summed E-state index contributed by atoms with van der Waals surface area (Å²) in [4.78, 5) is 22.4. The highest BCUT2D eigenvalue weighted by atomic mass is 79.9. The Morgan fingerprint density at radius 1 is 1.42 bits per heavy atom. The van der Waals surface area contributed by atoms with Gasteiger partial charge in [-0.1, -0.05) is 0 Å². The molecule has 1 aromatic heterocycles. The van der Waals surface area contributed by atoms with Crippen molar-refractivity contribution in [3.8, 4) is 0 Å². The van der Waals surface area contributed by atoms with E-state index in [1.165, 1.54) is 6.07 Å². The number of ether oxygens (including phenoxy) is 1. The molecule has 8 heteroatoms. The lowest BCUT2D eigenvalue weighted by Crippen LogP contribution is -2.54. The quantitative estimate of drug-likeness (QED) is 0.764. The van der Waals surface area contributed by atoms with E-state index in [1.54, 1.807) is 11.1 Å². The Hall–Kier alpha value is -1.41. The molecule has 2 saturated heterocycles. The molecule has 132 valence electrons. The van der Waals surface area contributed by atoms with Crippen LogP contribution < -0.4 is 4.90 Å². The number of piperidine rings is 1. The van der Waals surface area contributed by atoms with Gasteiger partial charge in [0, 0.05) is 43.9 Å². The van der Waals surface area contributed by atoms with Gasteiger partial charge >= 0.3 is 6.03 Å². The Balaban J connectivity index is 1.67. The number of carbonyl (C=O) groups is 1. The third-order valence-corrected chi connectivity index (χ3v) is 5.05. The smallest absolute Gasteiger partial charge is 0.320 e. The molecule has 0 aromatic carbocycles. The second-order valence-corrected chi connectivity index (χ2v) is 7.11. The Kier molecular flexibility index (Phi) is 5.55. The minimum atomic E-state index is -0.341. The van der Waals surface area contributed by atoms with E-state index in [-0.39, 0.29) is 17.9 Å². The molecule has 2 aliphatic rings. The number of amides is 2. The highest BCUT2D eigenvalue weighted by Crippen LogP contribution is 2.25. The number of likely N-dealkylation sites (N-methyl/N-ethyl adjacent to an activating group) is 1. The second kappa shape index (κ2) is 7.65. The molecule has 0 radical (unpaired) electrons. The maximum Gasteiger partial charge on any atom is 0.320 e. The molecule has 2 fully saturated rings. The summed E-state index contributed by atoms with van der Waals surface area (Å²) in [5.74, 6) is 0.0160. The van der Waals surface area contributed by atoms with Gasteiger partial charge in [0.15, 0.2) is 11.6 Å². The van der Waals surface area contributed by atoms with Gasteiger partial charge in [-0.25, -0.2) is 14.2 Å². The molecule has 0 saturated carbocycles. The minimum absolute atomic E-state index is 0.0226. The van der Waals surface area contributed by atoms with Crippen molar-refractivity contribution in [2.24, 2.45) is 0 Å². The molecule has 3 heterocycles. The standard InChI is InChI=1S/C16H22BrFN4O2/c1-20(16(23)21-5-7-24-8-6-21)13-3-2-4-22(11-13)15-14(18)9-12(17)10-19-15/h9-10,13H,2-8,11H2,1H3. The molecule has 3 rings (SSSR count). The maximum absolute atomic E-state index is 14.2. The lowest BCUT2D eigenvalue weighted by molar-refractivity contribution is 0.0413. The van der Waals surface area contributed by atoms with Crippen molar-refractivity contribution in [3.05, 3.63) is 22.6 Å². The number of morpholine rings is 1. The van der Waals surface area contributed by atoms with Crippen molar-refractivity contribution < 1.29 is 13.9 Å². The molecule has 1 unspecified atom stereocenters. The third kappa shape index (κ3) is 3.80. The van der Waals surface area contributed by atoms with Crippen molar-refractivity contribution in [1.82, 2.24) is 14.8 Å². The number of rotatable bonds is 2. The van der Waals surface area contributed by atoms with Crippen LogP contribution in [-0.2, 0) is 4.74 Å². The van der Waals surface area contributed by atoms with Gasteiger partial charge in [-0.3, -0.25) is 0 Å². The number of anilines is 1. The predicted octanol–water partition coefficient (Wildman–Crippen LogP) is 2.34. The molecule has 2 amide bonds.